The zero-order valence-electron chi connectivity index (χ0n) is 7.33. The summed E-state index contributed by atoms with van der Waals surface area (Å²) >= 11 is 0. The predicted molar refractivity (Wildman–Crippen MR) is 50.5 cm³/mol. The van der Waals surface area contributed by atoms with Gasteiger partial charge in [-0.3, -0.25) is 4.21 Å². The van der Waals surface area contributed by atoms with E-state index in [9.17, 15) is 4.21 Å². The number of nitrogens with two attached hydrogens (primary N) is 1. The summed E-state index contributed by atoms with van der Waals surface area (Å²) in [6.07, 6.45) is 3.66. The van der Waals surface area contributed by atoms with Crippen molar-refractivity contribution in [2.45, 2.75) is 25.4 Å². The van der Waals surface area contributed by atoms with Gasteiger partial charge in [0.15, 0.2) is 0 Å². The fraction of sp³-hybridized carbons (Fsp3) is 1.00. The van der Waals surface area contributed by atoms with E-state index in [1.807, 2.05) is 0 Å². The van der Waals surface area contributed by atoms with Gasteiger partial charge in [-0.05, 0) is 19.3 Å². The summed E-state index contributed by atoms with van der Waals surface area (Å²) in [7, 11) is -0.768. The SMILES string of the molecule is NCCS(=O)CC1CCCCO1. The Balaban J connectivity index is 2.15. The Morgan fingerprint density at radius 2 is 2.33 bits per heavy atom. The maximum absolute atomic E-state index is 11.3. The molecule has 0 aliphatic carbocycles. The number of rotatable bonds is 4. The van der Waals surface area contributed by atoms with Crippen molar-refractivity contribution in [3.63, 3.8) is 0 Å². The molecule has 0 aromatic carbocycles. The topological polar surface area (TPSA) is 52.3 Å². The molecule has 3 nitrogen and oxygen atoms in total. The first-order valence-electron chi connectivity index (χ1n) is 4.49. The first-order valence-corrected chi connectivity index (χ1v) is 5.98. The molecule has 0 spiro atoms. The highest BCUT2D eigenvalue weighted by Gasteiger charge is 2.15. The second-order valence-corrected chi connectivity index (χ2v) is 4.71. The van der Waals surface area contributed by atoms with Gasteiger partial charge in [0.25, 0.3) is 0 Å². The van der Waals surface area contributed by atoms with Gasteiger partial charge in [-0.1, -0.05) is 0 Å². The Morgan fingerprint density at radius 1 is 1.50 bits per heavy atom. The maximum atomic E-state index is 11.3. The first-order chi connectivity index (χ1) is 5.83. The number of hydrogen-bond donors (Lipinski definition) is 1. The lowest BCUT2D eigenvalue weighted by Crippen LogP contribution is -2.27. The smallest absolute Gasteiger partial charge is 0.0690 e. The van der Waals surface area contributed by atoms with Gasteiger partial charge in [0.05, 0.1) is 6.10 Å². The summed E-state index contributed by atoms with van der Waals surface area (Å²) in [5, 5.41) is 0. The zero-order valence-corrected chi connectivity index (χ0v) is 8.15. The molecular formula is C8H17NO2S. The molecule has 1 aliphatic heterocycles. The van der Waals surface area contributed by atoms with E-state index in [-0.39, 0.29) is 6.10 Å². The van der Waals surface area contributed by atoms with Gasteiger partial charge in [-0.25, -0.2) is 0 Å². The van der Waals surface area contributed by atoms with Crippen LogP contribution >= 0.6 is 0 Å². The van der Waals surface area contributed by atoms with Gasteiger partial charge in [-0.15, -0.1) is 0 Å². The van der Waals surface area contributed by atoms with Gasteiger partial charge in [0.2, 0.25) is 0 Å². The van der Waals surface area contributed by atoms with E-state index >= 15 is 0 Å². The number of ether oxygens (including phenoxy) is 1. The van der Waals surface area contributed by atoms with Crippen LogP contribution in [0.2, 0.25) is 0 Å². The van der Waals surface area contributed by atoms with Crippen molar-refractivity contribution in [2.75, 3.05) is 24.7 Å². The summed E-state index contributed by atoms with van der Waals surface area (Å²) in [4.78, 5) is 0. The van der Waals surface area contributed by atoms with Gasteiger partial charge in [0.1, 0.15) is 0 Å². The van der Waals surface area contributed by atoms with E-state index in [2.05, 4.69) is 0 Å². The summed E-state index contributed by atoms with van der Waals surface area (Å²) in [5.41, 5.74) is 5.30. The van der Waals surface area contributed by atoms with Gasteiger partial charge in [0, 0.05) is 35.5 Å². The van der Waals surface area contributed by atoms with E-state index in [0.29, 0.717) is 18.1 Å². The molecule has 1 fully saturated rings. The van der Waals surface area contributed by atoms with E-state index in [1.165, 1.54) is 6.42 Å². The molecule has 2 unspecified atom stereocenters. The van der Waals surface area contributed by atoms with Gasteiger partial charge < -0.3 is 10.5 Å². The Hall–Kier alpha value is 0.0700. The predicted octanol–water partition coefficient (Wildman–Crippen LogP) is 0.263. The van der Waals surface area contributed by atoms with Crippen molar-refractivity contribution >= 4 is 10.8 Å². The third kappa shape index (κ3) is 3.65. The first kappa shape index (κ1) is 10.2. The summed E-state index contributed by atoms with van der Waals surface area (Å²) in [6, 6.07) is 0. The highest BCUT2D eigenvalue weighted by Crippen LogP contribution is 2.13. The highest BCUT2D eigenvalue weighted by molar-refractivity contribution is 7.85. The lowest BCUT2D eigenvalue weighted by molar-refractivity contribution is 0.0310. The molecule has 0 radical (unpaired) electrons. The average molecular weight is 191 g/mol. The Labute approximate surface area is 76.1 Å². The molecule has 4 heteroatoms. The highest BCUT2D eigenvalue weighted by atomic mass is 32.2. The monoisotopic (exact) mass is 191 g/mol. The van der Waals surface area contributed by atoms with Crippen LogP contribution < -0.4 is 5.73 Å². The fourth-order valence-electron chi connectivity index (χ4n) is 1.36. The van der Waals surface area contributed by atoms with E-state index < -0.39 is 10.8 Å². The summed E-state index contributed by atoms with van der Waals surface area (Å²) in [5.74, 6) is 1.29. The average Bonchev–Trinajstić information content (AvgIpc) is 2.06. The van der Waals surface area contributed by atoms with Crippen molar-refractivity contribution in [3.05, 3.63) is 0 Å². The second kappa shape index (κ2) is 5.67. The molecule has 0 aromatic heterocycles. The van der Waals surface area contributed by atoms with Crippen LogP contribution in [0.3, 0.4) is 0 Å². The molecular weight excluding hydrogens is 174 g/mol. The Bertz CT molecular complexity index is 146. The minimum Gasteiger partial charge on any atom is -0.377 e. The third-order valence-corrected chi connectivity index (χ3v) is 3.43. The Kier molecular flexibility index (Phi) is 4.80. The van der Waals surface area contributed by atoms with E-state index in [4.69, 9.17) is 10.5 Å². The van der Waals surface area contributed by atoms with Crippen LogP contribution in [-0.2, 0) is 15.5 Å². The summed E-state index contributed by atoms with van der Waals surface area (Å²) in [6.45, 7) is 1.35. The third-order valence-electron chi connectivity index (χ3n) is 1.99. The van der Waals surface area contributed by atoms with Crippen LogP contribution in [-0.4, -0.2) is 35.0 Å². The summed E-state index contributed by atoms with van der Waals surface area (Å²) < 4.78 is 16.7. The molecule has 2 atom stereocenters. The van der Waals surface area contributed by atoms with Crippen molar-refractivity contribution < 1.29 is 8.95 Å². The van der Waals surface area contributed by atoms with Crippen LogP contribution in [0.4, 0.5) is 0 Å². The largest absolute Gasteiger partial charge is 0.377 e. The standard InChI is InChI=1S/C8H17NO2S/c9-4-6-12(10)7-8-3-1-2-5-11-8/h8H,1-7,9H2. The van der Waals surface area contributed by atoms with E-state index in [1.54, 1.807) is 0 Å². The molecule has 0 aromatic rings. The lowest BCUT2D eigenvalue weighted by atomic mass is 10.1. The molecule has 0 amide bonds. The Morgan fingerprint density at radius 3 is 2.92 bits per heavy atom. The van der Waals surface area contributed by atoms with E-state index in [0.717, 1.165) is 19.4 Å². The molecule has 0 saturated carbocycles. The molecule has 12 heavy (non-hydrogen) atoms. The molecule has 72 valence electrons. The van der Waals surface area contributed by atoms with Gasteiger partial charge in [-0.2, -0.15) is 0 Å². The van der Waals surface area contributed by atoms with Gasteiger partial charge >= 0.3 is 0 Å². The minimum atomic E-state index is -0.768. The lowest BCUT2D eigenvalue weighted by Gasteiger charge is -2.21. The molecule has 1 heterocycles. The van der Waals surface area contributed by atoms with Crippen molar-refractivity contribution in [3.8, 4) is 0 Å². The second-order valence-electron chi connectivity index (χ2n) is 3.09. The minimum absolute atomic E-state index is 0.228. The van der Waals surface area contributed by atoms with Crippen LogP contribution in [0, 0.1) is 0 Å². The quantitative estimate of drug-likeness (QED) is 0.693. The van der Waals surface area contributed by atoms with Crippen LogP contribution in [0.5, 0.6) is 0 Å². The molecule has 2 N–H and O–H groups in total. The van der Waals surface area contributed by atoms with Crippen molar-refractivity contribution in [1.82, 2.24) is 0 Å². The normalized spacial score (nSPS) is 26.9. The molecule has 0 bridgehead atoms. The van der Waals surface area contributed by atoms with Crippen LogP contribution in [0.1, 0.15) is 19.3 Å². The molecule has 1 rings (SSSR count). The molecule has 1 saturated heterocycles. The molecule has 1 aliphatic rings. The van der Waals surface area contributed by atoms with Crippen molar-refractivity contribution in [2.24, 2.45) is 5.73 Å². The van der Waals surface area contributed by atoms with Crippen LogP contribution in [0.15, 0.2) is 0 Å². The van der Waals surface area contributed by atoms with Crippen molar-refractivity contribution in [1.29, 1.82) is 0 Å². The van der Waals surface area contributed by atoms with Crippen LogP contribution in [0.25, 0.3) is 0 Å². The fourth-order valence-corrected chi connectivity index (χ4v) is 2.47. The maximum Gasteiger partial charge on any atom is 0.0690 e. The zero-order chi connectivity index (χ0) is 8.81. The number of hydrogen-bond acceptors (Lipinski definition) is 3.